The fourth-order valence-electron chi connectivity index (χ4n) is 4.09. The van der Waals surface area contributed by atoms with Crippen LogP contribution in [0, 0.1) is 6.92 Å². The fourth-order valence-corrected chi connectivity index (χ4v) is 6.67. The Morgan fingerprint density at radius 1 is 1.14 bits per heavy atom. The van der Waals surface area contributed by atoms with Gasteiger partial charge in [-0.3, -0.25) is 4.79 Å². The number of nitrogens with one attached hydrogen (secondary N) is 1. The first-order chi connectivity index (χ1) is 13.5. The van der Waals surface area contributed by atoms with E-state index in [1.807, 2.05) is 31.2 Å². The van der Waals surface area contributed by atoms with Gasteiger partial charge in [0.1, 0.15) is 18.9 Å². The molecule has 2 heterocycles. The van der Waals surface area contributed by atoms with Gasteiger partial charge in [-0.25, -0.2) is 0 Å². The summed E-state index contributed by atoms with van der Waals surface area (Å²) in [5.74, 6) is 0.866. The Labute approximate surface area is 187 Å². The molecule has 2 aromatic carbocycles. The molecule has 2 aromatic rings. The molecule has 0 saturated carbocycles. The highest BCUT2D eigenvalue weighted by molar-refractivity contribution is 9.11. The summed E-state index contributed by atoms with van der Waals surface area (Å²) >= 11 is 8.90. The summed E-state index contributed by atoms with van der Waals surface area (Å²) in [4.78, 5) is 16.5. The molecule has 1 fully saturated rings. The van der Waals surface area contributed by atoms with Crippen molar-refractivity contribution in [3.8, 4) is 5.75 Å². The molecule has 1 unspecified atom stereocenters. The molecule has 1 atom stereocenters. The average molecular weight is 526 g/mol. The van der Waals surface area contributed by atoms with Crippen LogP contribution in [0.3, 0.4) is 0 Å². The first-order valence-corrected chi connectivity index (χ1v) is 12.1. The van der Waals surface area contributed by atoms with Crippen LogP contribution in [0.1, 0.15) is 35.2 Å². The summed E-state index contributed by atoms with van der Waals surface area (Å²) in [6, 6.07) is 12.2. The molecule has 3 nitrogen and oxygen atoms in total. The summed E-state index contributed by atoms with van der Waals surface area (Å²) in [5.41, 5.74) is 1.73. The number of piperidine rings is 1. The lowest BCUT2D eigenvalue weighted by molar-refractivity contribution is -0.905. The van der Waals surface area contributed by atoms with Crippen molar-refractivity contribution in [1.82, 2.24) is 0 Å². The van der Waals surface area contributed by atoms with E-state index in [2.05, 4.69) is 44.0 Å². The van der Waals surface area contributed by atoms with E-state index in [4.69, 9.17) is 4.74 Å². The van der Waals surface area contributed by atoms with Crippen molar-refractivity contribution in [3.63, 3.8) is 0 Å². The SMILES string of the molecule is Cc1c(Br)cc2c(c1Br)OCC(C[NH+]1CCCCC1)(Sc1ccccc1)C2=O. The van der Waals surface area contributed by atoms with Gasteiger partial charge >= 0.3 is 0 Å². The number of thioether (sulfide) groups is 1. The molecule has 4 rings (SSSR count). The summed E-state index contributed by atoms with van der Waals surface area (Å²) in [6.45, 7) is 5.49. The maximum absolute atomic E-state index is 13.9. The average Bonchev–Trinajstić information content (AvgIpc) is 2.71. The van der Waals surface area contributed by atoms with Gasteiger partial charge in [0.25, 0.3) is 0 Å². The van der Waals surface area contributed by atoms with Gasteiger partial charge in [0, 0.05) is 9.37 Å². The highest BCUT2D eigenvalue weighted by Crippen LogP contribution is 2.45. The first-order valence-electron chi connectivity index (χ1n) is 9.74. The maximum atomic E-state index is 13.9. The standard InChI is InChI=1S/C22H23Br2NO2S/c1-15-18(23)12-17-20(19(15)24)27-14-22(21(17)26,13-25-10-6-3-7-11-25)28-16-8-4-2-5-9-16/h2,4-5,8-9,12H,3,6-7,10-11,13-14H2,1H3/p+1. The van der Waals surface area contributed by atoms with Crippen molar-refractivity contribution in [1.29, 1.82) is 0 Å². The minimum atomic E-state index is -0.602. The largest absolute Gasteiger partial charge is 0.489 e. The molecular weight excluding hydrogens is 502 g/mol. The zero-order valence-electron chi connectivity index (χ0n) is 15.9. The lowest BCUT2D eigenvalue weighted by Gasteiger charge is -2.39. The summed E-state index contributed by atoms with van der Waals surface area (Å²) in [7, 11) is 0. The van der Waals surface area contributed by atoms with Crippen molar-refractivity contribution < 1.29 is 14.4 Å². The van der Waals surface area contributed by atoms with Gasteiger partial charge in [0.15, 0.2) is 10.5 Å². The van der Waals surface area contributed by atoms with Crippen LogP contribution in [0.25, 0.3) is 0 Å². The normalized spacial score (nSPS) is 22.6. The zero-order valence-corrected chi connectivity index (χ0v) is 19.9. The van der Waals surface area contributed by atoms with Gasteiger partial charge in [-0.15, -0.1) is 11.8 Å². The molecule has 6 heteroatoms. The number of halogens is 2. The van der Waals surface area contributed by atoms with E-state index in [0.29, 0.717) is 17.9 Å². The van der Waals surface area contributed by atoms with Gasteiger partial charge < -0.3 is 9.64 Å². The number of likely N-dealkylation sites (tertiary alicyclic amines) is 1. The molecule has 1 saturated heterocycles. The third-order valence-electron chi connectivity index (χ3n) is 5.66. The second-order valence-corrected chi connectivity index (χ2v) is 10.8. The molecule has 0 aromatic heterocycles. The molecule has 0 radical (unpaired) electrons. The van der Waals surface area contributed by atoms with Gasteiger partial charge in [-0.05, 0) is 65.9 Å². The Morgan fingerprint density at radius 2 is 1.86 bits per heavy atom. The van der Waals surface area contributed by atoms with Crippen molar-refractivity contribution in [2.75, 3.05) is 26.2 Å². The van der Waals surface area contributed by atoms with E-state index in [0.717, 1.165) is 39.0 Å². The topological polar surface area (TPSA) is 30.7 Å². The van der Waals surface area contributed by atoms with Crippen LogP contribution < -0.4 is 9.64 Å². The molecule has 0 amide bonds. The predicted octanol–water partition coefficient (Wildman–Crippen LogP) is 4.70. The minimum Gasteiger partial charge on any atom is -0.489 e. The van der Waals surface area contributed by atoms with E-state index in [1.54, 1.807) is 11.8 Å². The maximum Gasteiger partial charge on any atom is 0.192 e. The second-order valence-electron chi connectivity index (χ2n) is 7.69. The number of ether oxygens (including phenoxy) is 1. The van der Waals surface area contributed by atoms with Crippen molar-refractivity contribution >= 4 is 49.4 Å². The Kier molecular flexibility index (Phi) is 6.21. The number of hydrogen-bond donors (Lipinski definition) is 1. The molecule has 0 aliphatic carbocycles. The van der Waals surface area contributed by atoms with Crippen molar-refractivity contribution in [2.24, 2.45) is 0 Å². The van der Waals surface area contributed by atoms with E-state index in [9.17, 15) is 4.79 Å². The van der Waals surface area contributed by atoms with E-state index >= 15 is 0 Å². The van der Waals surface area contributed by atoms with E-state index < -0.39 is 4.75 Å². The van der Waals surface area contributed by atoms with Crippen LogP contribution in [0.5, 0.6) is 5.75 Å². The second kappa shape index (κ2) is 8.50. The van der Waals surface area contributed by atoms with Gasteiger partial charge in [0.05, 0.1) is 23.1 Å². The quantitative estimate of drug-likeness (QED) is 0.628. The number of quaternary nitrogens is 1. The molecule has 2 aliphatic rings. The van der Waals surface area contributed by atoms with Crippen molar-refractivity contribution in [2.45, 2.75) is 35.8 Å². The van der Waals surface area contributed by atoms with Crippen LogP contribution in [0.4, 0.5) is 0 Å². The Bertz CT molecular complexity index is 884. The molecule has 28 heavy (non-hydrogen) atoms. The molecule has 148 valence electrons. The number of carbonyl (C=O) groups excluding carboxylic acids is 1. The van der Waals surface area contributed by atoms with Crippen LogP contribution in [0.15, 0.2) is 50.2 Å². The third-order valence-corrected chi connectivity index (χ3v) is 8.79. The smallest absolute Gasteiger partial charge is 0.192 e. The highest BCUT2D eigenvalue weighted by atomic mass is 79.9. The number of benzene rings is 2. The number of rotatable bonds is 4. The summed E-state index contributed by atoms with van der Waals surface area (Å²) < 4.78 is 7.47. The Balaban J connectivity index is 1.74. The van der Waals surface area contributed by atoms with Crippen LogP contribution in [-0.4, -0.2) is 36.8 Å². The Morgan fingerprint density at radius 3 is 2.57 bits per heavy atom. The third kappa shape index (κ3) is 3.93. The molecule has 2 aliphatic heterocycles. The number of hydrogen-bond acceptors (Lipinski definition) is 3. The number of ketones is 1. The lowest BCUT2D eigenvalue weighted by Crippen LogP contribution is -3.15. The number of fused-ring (bicyclic) bond motifs is 1. The van der Waals surface area contributed by atoms with Crippen LogP contribution >= 0.6 is 43.6 Å². The fraction of sp³-hybridized carbons (Fsp3) is 0.409. The molecule has 0 bridgehead atoms. The van der Waals surface area contributed by atoms with Gasteiger partial charge in [-0.1, -0.05) is 34.1 Å². The molecular formula is C22H24Br2NO2S+. The summed E-state index contributed by atoms with van der Waals surface area (Å²) in [5, 5.41) is 0. The number of Topliss-reactive ketones (excluding diaryl/α,β-unsaturated/α-hetero) is 1. The monoisotopic (exact) mass is 524 g/mol. The predicted molar refractivity (Wildman–Crippen MR) is 121 cm³/mol. The minimum absolute atomic E-state index is 0.182. The molecule has 1 N–H and O–H groups in total. The van der Waals surface area contributed by atoms with Crippen molar-refractivity contribution in [3.05, 3.63) is 56.5 Å². The summed E-state index contributed by atoms with van der Waals surface area (Å²) in [6.07, 6.45) is 3.78. The zero-order chi connectivity index (χ0) is 19.7. The highest BCUT2D eigenvalue weighted by Gasteiger charge is 2.49. The lowest BCUT2D eigenvalue weighted by atomic mass is 9.92. The van der Waals surface area contributed by atoms with Gasteiger partial charge in [-0.2, -0.15) is 0 Å². The van der Waals surface area contributed by atoms with E-state index in [1.165, 1.54) is 24.2 Å². The molecule has 0 spiro atoms. The first kappa shape index (κ1) is 20.5. The van der Waals surface area contributed by atoms with Crippen LogP contribution in [-0.2, 0) is 0 Å². The van der Waals surface area contributed by atoms with Gasteiger partial charge in [0.2, 0.25) is 0 Å². The number of carbonyl (C=O) groups is 1. The van der Waals surface area contributed by atoms with Crippen LogP contribution in [0.2, 0.25) is 0 Å². The Hall–Kier alpha value is -0.820. The van der Waals surface area contributed by atoms with E-state index in [-0.39, 0.29) is 5.78 Å².